The van der Waals surface area contributed by atoms with Gasteiger partial charge < -0.3 is 20.3 Å². The van der Waals surface area contributed by atoms with Crippen LogP contribution in [-0.4, -0.2) is 38.1 Å². The van der Waals surface area contributed by atoms with Gasteiger partial charge in [-0.3, -0.25) is 9.59 Å². The molecule has 3 rings (SSSR count). The van der Waals surface area contributed by atoms with Crippen LogP contribution in [0.2, 0.25) is 0 Å². The number of benzene rings is 2. The first-order valence-corrected chi connectivity index (χ1v) is 9.74. The summed E-state index contributed by atoms with van der Waals surface area (Å²) in [5, 5.41) is 5.65. The van der Waals surface area contributed by atoms with Gasteiger partial charge in [0.2, 0.25) is 11.8 Å². The van der Waals surface area contributed by atoms with Crippen LogP contribution < -0.4 is 20.3 Å². The van der Waals surface area contributed by atoms with E-state index in [0.29, 0.717) is 24.1 Å². The quantitative estimate of drug-likeness (QED) is 0.758. The molecule has 8 heteroatoms. The summed E-state index contributed by atoms with van der Waals surface area (Å²) in [6.45, 7) is 1.68. The number of ether oxygens (including phenoxy) is 1. The standard InChI is InChI=1S/C22H25F2N3O3/c1-13(25-2)21(28)26-18-9-8-14-6-4-5-7-19(14)27(22(18)29)12-15-10-16(23)17(24)11-20(15)30-3/h4-7,10-11,13,18,25H,8-9,12H2,1-3H3,(H,26,28). The third-order valence-corrected chi connectivity index (χ3v) is 5.34. The van der Waals surface area contributed by atoms with Crippen LogP contribution >= 0.6 is 0 Å². The Morgan fingerprint density at radius 3 is 2.67 bits per heavy atom. The number of aryl methyl sites for hydroxylation is 1. The number of anilines is 1. The summed E-state index contributed by atoms with van der Waals surface area (Å²) in [5.74, 6) is -2.50. The summed E-state index contributed by atoms with van der Waals surface area (Å²) in [5.41, 5.74) is 1.94. The van der Waals surface area contributed by atoms with Gasteiger partial charge >= 0.3 is 0 Å². The number of carbonyl (C=O) groups is 2. The number of nitrogens with zero attached hydrogens (tertiary/aromatic N) is 1. The van der Waals surface area contributed by atoms with Crippen LogP contribution in [0, 0.1) is 11.6 Å². The second-order valence-corrected chi connectivity index (χ2v) is 7.24. The predicted octanol–water partition coefficient (Wildman–Crippen LogP) is 2.55. The van der Waals surface area contributed by atoms with Crippen LogP contribution in [0.1, 0.15) is 24.5 Å². The maximum absolute atomic E-state index is 13.9. The van der Waals surface area contributed by atoms with Crippen molar-refractivity contribution >= 4 is 17.5 Å². The van der Waals surface area contributed by atoms with Crippen LogP contribution in [0.5, 0.6) is 5.75 Å². The number of rotatable bonds is 6. The first-order chi connectivity index (χ1) is 14.3. The Kier molecular flexibility index (Phi) is 6.66. The highest BCUT2D eigenvalue weighted by molar-refractivity contribution is 6.00. The van der Waals surface area contributed by atoms with E-state index in [0.717, 1.165) is 17.7 Å². The third kappa shape index (κ3) is 4.43. The Bertz CT molecular complexity index is 951. The van der Waals surface area contributed by atoms with E-state index in [9.17, 15) is 18.4 Å². The molecule has 2 N–H and O–H groups in total. The Hall–Kier alpha value is -3.00. The molecule has 0 aliphatic carbocycles. The summed E-state index contributed by atoms with van der Waals surface area (Å²) in [6, 6.07) is 8.21. The number of carbonyl (C=O) groups excluding carboxylic acids is 2. The summed E-state index contributed by atoms with van der Waals surface area (Å²) in [7, 11) is 3.02. The molecule has 2 amide bonds. The minimum atomic E-state index is -1.02. The average molecular weight is 417 g/mol. The monoisotopic (exact) mass is 417 g/mol. The molecule has 2 aromatic carbocycles. The van der Waals surface area contributed by atoms with Gasteiger partial charge in [-0.15, -0.1) is 0 Å². The van der Waals surface area contributed by atoms with Crippen LogP contribution in [0.4, 0.5) is 14.5 Å². The predicted molar refractivity (Wildman–Crippen MR) is 109 cm³/mol. The molecule has 160 valence electrons. The zero-order chi connectivity index (χ0) is 21.8. The normalized spacial score (nSPS) is 17.2. The van der Waals surface area contributed by atoms with Crippen molar-refractivity contribution in [3.05, 3.63) is 59.2 Å². The van der Waals surface area contributed by atoms with Gasteiger partial charge in [-0.2, -0.15) is 0 Å². The van der Waals surface area contributed by atoms with Gasteiger partial charge in [0, 0.05) is 17.3 Å². The number of fused-ring (bicyclic) bond motifs is 1. The SMILES string of the molecule is CNC(C)C(=O)NC1CCc2ccccc2N(Cc2cc(F)c(F)cc2OC)C1=O. The van der Waals surface area contributed by atoms with Crippen molar-refractivity contribution in [2.24, 2.45) is 0 Å². The van der Waals surface area contributed by atoms with Gasteiger partial charge in [0.05, 0.1) is 19.7 Å². The van der Waals surface area contributed by atoms with E-state index in [2.05, 4.69) is 10.6 Å². The maximum atomic E-state index is 13.9. The molecule has 2 atom stereocenters. The number of likely N-dealkylation sites (N-methyl/N-ethyl adjacent to an activating group) is 1. The molecular weight excluding hydrogens is 392 g/mol. The van der Waals surface area contributed by atoms with E-state index in [1.165, 1.54) is 12.0 Å². The molecule has 0 spiro atoms. The highest BCUT2D eigenvalue weighted by atomic mass is 19.2. The van der Waals surface area contributed by atoms with E-state index >= 15 is 0 Å². The maximum Gasteiger partial charge on any atom is 0.249 e. The number of para-hydroxylation sites is 1. The van der Waals surface area contributed by atoms with Crippen molar-refractivity contribution in [3.8, 4) is 5.75 Å². The lowest BCUT2D eigenvalue weighted by atomic mass is 10.1. The Morgan fingerprint density at radius 2 is 1.97 bits per heavy atom. The molecule has 0 saturated heterocycles. The molecule has 1 aliphatic heterocycles. The second-order valence-electron chi connectivity index (χ2n) is 7.24. The smallest absolute Gasteiger partial charge is 0.249 e. The van der Waals surface area contributed by atoms with Gasteiger partial charge in [0.1, 0.15) is 11.8 Å². The van der Waals surface area contributed by atoms with Crippen molar-refractivity contribution < 1.29 is 23.1 Å². The highest BCUT2D eigenvalue weighted by Crippen LogP contribution is 2.31. The minimum Gasteiger partial charge on any atom is -0.496 e. The number of hydrogen-bond acceptors (Lipinski definition) is 4. The molecule has 0 bridgehead atoms. The minimum absolute atomic E-state index is 0.0236. The van der Waals surface area contributed by atoms with Crippen LogP contribution in [0.15, 0.2) is 36.4 Å². The largest absolute Gasteiger partial charge is 0.496 e. The van der Waals surface area contributed by atoms with Gasteiger partial charge in [0.25, 0.3) is 0 Å². The van der Waals surface area contributed by atoms with Crippen LogP contribution in [0.3, 0.4) is 0 Å². The van der Waals surface area contributed by atoms with E-state index in [-0.39, 0.29) is 24.1 Å². The summed E-state index contributed by atoms with van der Waals surface area (Å²) < 4.78 is 32.7. The van der Waals surface area contributed by atoms with Gasteiger partial charge in [-0.25, -0.2) is 8.78 Å². The fourth-order valence-electron chi connectivity index (χ4n) is 3.49. The lowest BCUT2D eigenvalue weighted by Crippen LogP contribution is -2.52. The van der Waals surface area contributed by atoms with Crippen molar-refractivity contribution in [2.45, 2.75) is 38.4 Å². The number of methoxy groups -OCH3 is 1. The molecule has 0 aromatic heterocycles. The average Bonchev–Trinajstić information content (AvgIpc) is 2.87. The van der Waals surface area contributed by atoms with Gasteiger partial charge in [-0.05, 0) is 44.5 Å². The lowest BCUT2D eigenvalue weighted by molar-refractivity contribution is -0.128. The highest BCUT2D eigenvalue weighted by Gasteiger charge is 2.32. The fraction of sp³-hybridized carbons (Fsp3) is 0.364. The molecule has 6 nitrogen and oxygen atoms in total. The molecule has 2 unspecified atom stereocenters. The summed E-state index contributed by atoms with van der Waals surface area (Å²) in [6.07, 6.45) is 1.02. The molecule has 2 aromatic rings. The van der Waals surface area contributed by atoms with Crippen LogP contribution in [0.25, 0.3) is 0 Å². The zero-order valence-electron chi connectivity index (χ0n) is 17.2. The molecule has 0 radical (unpaired) electrons. The molecule has 0 saturated carbocycles. The summed E-state index contributed by atoms with van der Waals surface area (Å²) >= 11 is 0. The van der Waals surface area contributed by atoms with Crippen molar-refractivity contribution in [1.82, 2.24) is 10.6 Å². The number of halogens is 2. The number of nitrogens with one attached hydrogen (secondary N) is 2. The van der Waals surface area contributed by atoms with Gasteiger partial charge in [-0.1, -0.05) is 18.2 Å². The Balaban J connectivity index is 1.98. The molecule has 0 fully saturated rings. The van der Waals surface area contributed by atoms with E-state index in [1.807, 2.05) is 18.2 Å². The lowest BCUT2D eigenvalue weighted by Gasteiger charge is -2.27. The number of amides is 2. The van der Waals surface area contributed by atoms with Crippen molar-refractivity contribution in [1.29, 1.82) is 0 Å². The van der Waals surface area contributed by atoms with E-state index in [1.54, 1.807) is 20.0 Å². The molecule has 1 aliphatic rings. The Labute approximate surface area is 174 Å². The fourth-order valence-corrected chi connectivity index (χ4v) is 3.49. The first-order valence-electron chi connectivity index (χ1n) is 9.74. The molecule has 1 heterocycles. The van der Waals surface area contributed by atoms with E-state index in [4.69, 9.17) is 4.74 Å². The van der Waals surface area contributed by atoms with Crippen molar-refractivity contribution in [3.63, 3.8) is 0 Å². The number of hydrogen-bond donors (Lipinski definition) is 2. The molecular formula is C22H25F2N3O3. The van der Waals surface area contributed by atoms with Gasteiger partial charge in [0.15, 0.2) is 11.6 Å². The first kappa shape index (κ1) is 21.7. The molecule has 30 heavy (non-hydrogen) atoms. The zero-order valence-corrected chi connectivity index (χ0v) is 17.2. The summed E-state index contributed by atoms with van der Waals surface area (Å²) in [4.78, 5) is 27.3. The van der Waals surface area contributed by atoms with Crippen LogP contribution in [-0.2, 0) is 22.6 Å². The van der Waals surface area contributed by atoms with Crippen molar-refractivity contribution in [2.75, 3.05) is 19.1 Å². The second kappa shape index (κ2) is 9.21. The topological polar surface area (TPSA) is 70.7 Å². The third-order valence-electron chi connectivity index (χ3n) is 5.34. The van der Waals surface area contributed by atoms with E-state index < -0.39 is 23.7 Å². The Morgan fingerprint density at radius 1 is 1.27 bits per heavy atom.